The lowest BCUT2D eigenvalue weighted by molar-refractivity contribution is 0.0994. The lowest BCUT2D eigenvalue weighted by Gasteiger charge is -2.06. The Morgan fingerprint density at radius 3 is 2.61 bits per heavy atom. The Morgan fingerprint density at radius 1 is 1.00 bits per heavy atom. The number of hydrogen-bond acceptors (Lipinski definition) is 1. The van der Waals surface area contributed by atoms with Crippen molar-refractivity contribution < 1.29 is 9.18 Å². The van der Waals surface area contributed by atoms with E-state index in [0.29, 0.717) is 6.42 Å². The summed E-state index contributed by atoms with van der Waals surface area (Å²) >= 11 is 0. The van der Waals surface area contributed by atoms with E-state index in [2.05, 4.69) is 0 Å². The minimum atomic E-state index is -0.221. The van der Waals surface area contributed by atoms with Gasteiger partial charge in [-0.05, 0) is 47.7 Å². The first-order valence-electron chi connectivity index (χ1n) is 6.07. The Balaban J connectivity index is 2.10. The number of fused-ring (bicyclic) bond motifs is 1. The molecule has 0 aliphatic heterocycles. The van der Waals surface area contributed by atoms with Gasteiger partial charge in [0.1, 0.15) is 5.82 Å². The highest BCUT2D eigenvalue weighted by atomic mass is 19.1. The zero-order valence-corrected chi connectivity index (χ0v) is 10.2. The fourth-order valence-corrected chi connectivity index (χ4v) is 2.54. The minimum absolute atomic E-state index is 0.215. The van der Waals surface area contributed by atoms with Crippen molar-refractivity contribution in [1.29, 1.82) is 0 Å². The largest absolute Gasteiger partial charge is 0.294 e. The highest BCUT2D eigenvalue weighted by molar-refractivity contribution is 6.00. The molecule has 0 bridgehead atoms. The van der Waals surface area contributed by atoms with E-state index in [-0.39, 0.29) is 11.6 Å². The van der Waals surface area contributed by atoms with E-state index in [1.54, 1.807) is 0 Å². The molecule has 0 fully saturated rings. The molecule has 18 heavy (non-hydrogen) atoms. The number of Topliss-reactive ketones (excluding diaryl/α,β-unsaturated/α-hetero) is 1. The van der Waals surface area contributed by atoms with Crippen LogP contribution in [0.1, 0.15) is 27.9 Å². The number of ketones is 1. The van der Waals surface area contributed by atoms with Crippen LogP contribution < -0.4 is 0 Å². The van der Waals surface area contributed by atoms with Crippen LogP contribution in [0.15, 0.2) is 36.4 Å². The van der Waals surface area contributed by atoms with Crippen molar-refractivity contribution in [2.75, 3.05) is 0 Å². The second-order valence-corrected chi connectivity index (χ2v) is 4.81. The number of rotatable bonds is 1. The van der Waals surface area contributed by atoms with Gasteiger partial charge in [0.05, 0.1) is 0 Å². The van der Waals surface area contributed by atoms with Gasteiger partial charge < -0.3 is 0 Å². The molecule has 2 aromatic rings. The first-order valence-corrected chi connectivity index (χ1v) is 6.07. The molecule has 90 valence electrons. The summed E-state index contributed by atoms with van der Waals surface area (Å²) in [5.41, 5.74) is 4.66. The molecule has 0 atom stereocenters. The summed E-state index contributed by atoms with van der Waals surface area (Å²) in [5.74, 6) is -0.00597. The predicted molar refractivity (Wildman–Crippen MR) is 69.2 cm³/mol. The fourth-order valence-electron chi connectivity index (χ4n) is 2.54. The van der Waals surface area contributed by atoms with E-state index in [1.807, 2.05) is 31.2 Å². The van der Waals surface area contributed by atoms with E-state index < -0.39 is 0 Å². The van der Waals surface area contributed by atoms with Crippen molar-refractivity contribution in [1.82, 2.24) is 0 Å². The maximum atomic E-state index is 13.4. The first-order chi connectivity index (χ1) is 8.63. The second kappa shape index (κ2) is 4.05. The Labute approximate surface area is 105 Å². The number of aryl methyl sites for hydroxylation is 2. The van der Waals surface area contributed by atoms with Gasteiger partial charge in [-0.3, -0.25) is 4.79 Å². The second-order valence-electron chi connectivity index (χ2n) is 4.81. The Morgan fingerprint density at radius 2 is 1.83 bits per heavy atom. The van der Waals surface area contributed by atoms with Gasteiger partial charge in [-0.2, -0.15) is 0 Å². The van der Waals surface area contributed by atoms with E-state index in [1.165, 1.54) is 12.1 Å². The number of halogens is 1. The molecule has 0 heterocycles. The molecular weight excluding hydrogens is 227 g/mol. The van der Waals surface area contributed by atoms with E-state index in [0.717, 1.165) is 34.2 Å². The third-order valence-corrected chi connectivity index (χ3v) is 3.40. The maximum Gasteiger partial charge on any atom is 0.163 e. The van der Waals surface area contributed by atoms with Gasteiger partial charge in [0.25, 0.3) is 0 Å². The molecule has 2 heteroatoms. The van der Waals surface area contributed by atoms with Gasteiger partial charge >= 0.3 is 0 Å². The van der Waals surface area contributed by atoms with Crippen molar-refractivity contribution in [3.63, 3.8) is 0 Å². The summed E-state index contributed by atoms with van der Waals surface area (Å²) in [5, 5.41) is 0. The number of hydrogen-bond donors (Lipinski definition) is 0. The van der Waals surface area contributed by atoms with Gasteiger partial charge in [0.2, 0.25) is 0 Å². The summed E-state index contributed by atoms with van der Waals surface area (Å²) in [6.07, 6.45) is 1.40. The molecule has 0 N–H and O–H groups in total. The lowest BCUT2D eigenvalue weighted by atomic mass is 9.99. The number of carbonyl (C=O) groups is 1. The lowest BCUT2D eigenvalue weighted by Crippen LogP contribution is -1.91. The van der Waals surface area contributed by atoms with Crippen LogP contribution in [0, 0.1) is 12.7 Å². The average Bonchev–Trinajstić information content (AvgIpc) is 2.69. The Bertz CT molecular complexity index is 623. The van der Waals surface area contributed by atoms with Crippen LogP contribution in [-0.4, -0.2) is 5.78 Å². The molecule has 0 aromatic heterocycles. The molecule has 0 saturated heterocycles. The quantitative estimate of drug-likeness (QED) is 0.738. The summed E-state index contributed by atoms with van der Waals surface area (Å²) in [6.45, 7) is 1.88. The normalized spacial score (nSPS) is 13.8. The topological polar surface area (TPSA) is 17.1 Å². The maximum absolute atomic E-state index is 13.4. The molecule has 1 nitrogen and oxygen atoms in total. The molecule has 3 rings (SSSR count). The third kappa shape index (κ3) is 1.84. The molecular formula is C16H13FO. The number of carbonyl (C=O) groups excluding carboxylic acids is 1. The zero-order valence-electron chi connectivity index (χ0n) is 10.2. The van der Waals surface area contributed by atoms with Gasteiger partial charge in [0.15, 0.2) is 5.78 Å². The average molecular weight is 240 g/mol. The number of benzene rings is 2. The summed E-state index contributed by atoms with van der Waals surface area (Å²) in [7, 11) is 0. The Hall–Kier alpha value is -1.96. The molecule has 2 aromatic carbocycles. The summed E-state index contributed by atoms with van der Waals surface area (Å²) in [6, 6.07) is 10.8. The molecule has 0 unspecified atom stereocenters. The van der Waals surface area contributed by atoms with Gasteiger partial charge in [-0.25, -0.2) is 4.39 Å². The van der Waals surface area contributed by atoms with Crippen molar-refractivity contribution in [3.05, 3.63) is 58.9 Å². The summed E-state index contributed by atoms with van der Waals surface area (Å²) in [4.78, 5) is 11.6. The molecule has 1 aliphatic rings. The molecule has 0 spiro atoms. The van der Waals surface area contributed by atoms with E-state index in [9.17, 15) is 9.18 Å². The summed E-state index contributed by atoms with van der Waals surface area (Å²) < 4.78 is 13.4. The molecule has 1 aliphatic carbocycles. The molecule has 0 saturated carbocycles. The van der Waals surface area contributed by atoms with E-state index >= 15 is 0 Å². The minimum Gasteiger partial charge on any atom is -0.294 e. The fraction of sp³-hybridized carbons (Fsp3) is 0.188. The van der Waals surface area contributed by atoms with Crippen molar-refractivity contribution in [3.8, 4) is 11.1 Å². The van der Waals surface area contributed by atoms with Crippen LogP contribution in [0.25, 0.3) is 11.1 Å². The Kier molecular flexibility index (Phi) is 2.51. The molecule has 0 radical (unpaired) electrons. The zero-order chi connectivity index (χ0) is 12.7. The smallest absolute Gasteiger partial charge is 0.163 e. The first kappa shape index (κ1) is 11.1. The SMILES string of the molecule is Cc1cc(F)cc(-c2ccc3c(c2)CCC3=O)c1. The standard InChI is InChI=1S/C16H13FO/c1-10-6-13(9-14(17)7-10)11-2-4-15-12(8-11)3-5-16(15)18/h2,4,6-9H,3,5H2,1H3. The third-order valence-electron chi connectivity index (χ3n) is 3.40. The monoisotopic (exact) mass is 240 g/mol. The van der Waals surface area contributed by atoms with Crippen molar-refractivity contribution in [2.45, 2.75) is 19.8 Å². The predicted octanol–water partition coefficient (Wildman–Crippen LogP) is 3.93. The van der Waals surface area contributed by atoms with Crippen LogP contribution >= 0.6 is 0 Å². The van der Waals surface area contributed by atoms with Crippen molar-refractivity contribution >= 4 is 5.78 Å². The molecule has 0 amide bonds. The van der Waals surface area contributed by atoms with E-state index in [4.69, 9.17) is 0 Å². The van der Waals surface area contributed by atoms with Crippen LogP contribution in [0.3, 0.4) is 0 Å². The van der Waals surface area contributed by atoms with Crippen LogP contribution in [0.2, 0.25) is 0 Å². The van der Waals surface area contributed by atoms with Gasteiger partial charge in [-0.15, -0.1) is 0 Å². The van der Waals surface area contributed by atoms with Crippen LogP contribution in [0.4, 0.5) is 4.39 Å². The highest BCUT2D eigenvalue weighted by Crippen LogP contribution is 2.28. The highest BCUT2D eigenvalue weighted by Gasteiger charge is 2.19. The van der Waals surface area contributed by atoms with Crippen LogP contribution in [-0.2, 0) is 6.42 Å². The van der Waals surface area contributed by atoms with Gasteiger partial charge in [0, 0.05) is 12.0 Å². The van der Waals surface area contributed by atoms with Crippen LogP contribution in [0.5, 0.6) is 0 Å². The van der Waals surface area contributed by atoms with Gasteiger partial charge in [-0.1, -0.05) is 24.3 Å². The van der Waals surface area contributed by atoms with Crippen molar-refractivity contribution in [2.24, 2.45) is 0 Å².